The Morgan fingerprint density at radius 1 is 1.44 bits per heavy atom. The van der Waals surface area contributed by atoms with Crippen molar-refractivity contribution in [2.45, 2.75) is 19.8 Å². The number of nitrogens with one attached hydrogen (secondary N) is 2. The number of hydrogen-bond acceptors (Lipinski definition) is 6. The van der Waals surface area contributed by atoms with Gasteiger partial charge in [0.25, 0.3) is 0 Å². The molecule has 0 saturated carbocycles. The molecule has 0 amide bonds. The Balaban J connectivity index is 2.41. The molecule has 0 fully saturated rings. The van der Waals surface area contributed by atoms with E-state index in [0.717, 1.165) is 18.5 Å². The summed E-state index contributed by atoms with van der Waals surface area (Å²) in [5.74, 6) is 6.96. The normalized spacial score (nSPS) is 10.4. The van der Waals surface area contributed by atoms with Crippen molar-refractivity contribution in [3.05, 3.63) is 18.1 Å². The zero-order valence-corrected chi connectivity index (χ0v) is 8.94. The molecule has 0 aliphatic carbocycles. The van der Waals surface area contributed by atoms with Gasteiger partial charge in [-0.05, 0) is 6.42 Å². The second-order valence-corrected chi connectivity index (χ2v) is 3.30. The second kappa shape index (κ2) is 4.67. The standard InChI is InChI=1S/C9H13N7/c1-2-3-6-4-7(15-10)14-9(13-6)8-11-5-12-16-8/h4-5H,2-3,10H2,1H3,(H,11,12,16)(H,13,14,15). The molecule has 0 bridgehead atoms. The van der Waals surface area contributed by atoms with Gasteiger partial charge in [-0.1, -0.05) is 13.3 Å². The van der Waals surface area contributed by atoms with Gasteiger partial charge in [-0.2, -0.15) is 5.10 Å². The van der Waals surface area contributed by atoms with Crippen molar-refractivity contribution in [1.29, 1.82) is 0 Å². The third-order valence-electron chi connectivity index (χ3n) is 2.06. The van der Waals surface area contributed by atoms with Crippen LogP contribution < -0.4 is 11.3 Å². The number of H-pyrrole nitrogens is 1. The first-order chi connectivity index (χ1) is 7.83. The SMILES string of the molecule is CCCc1cc(NN)nc(-c2ncn[nH]2)n1. The molecule has 7 nitrogen and oxygen atoms in total. The fraction of sp³-hybridized carbons (Fsp3) is 0.333. The lowest BCUT2D eigenvalue weighted by Crippen LogP contribution is -2.10. The molecule has 4 N–H and O–H groups in total. The highest BCUT2D eigenvalue weighted by atomic mass is 15.3. The summed E-state index contributed by atoms with van der Waals surface area (Å²) in [5, 5.41) is 6.48. The maximum atomic E-state index is 5.35. The van der Waals surface area contributed by atoms with Gasteiger partial charge in [-0.3, -0.25) is 5.10 Å². The molecule has 16 heavy (non-hydrogen) atoms. The summed E-state index contributed by atoms with van der Waals surface area (Å²) in [4.78, 5) is 12.6. The summed E-state index contributed by atoms with van der Waals surface area (Å²) in [6.45, 7) is 2.09. The first-order valence-electron chi connectivity index (χ1n) is 5.03. The molecule has 0 aromatic carbocycles. The lowest BCUT2D eigenvalue weighted by atomic mass is 10.2. The summed E-state index contributed by atoms with van der Waals surface area (Å²) in [7, 11) is 0. The quantitative estimate of drug-likeness (QED) is 0.510. The summed E-state index contributed by atoms with van der Waals surface area (Å²) < 4.78 is 0. The number of nitrogen functional groups attached to an aromatic ring is 1. The van der Waals surface area contributed by atoms with Gasteiger partial charge in [0.1, 0.15) is 12.1 Å². The van der Waals surface area contributed by atoms with Crippen molar-refractivity contribution in [3.8, 4) is 11.6 Å². The average molecular weight is 219 g/mol. The van der Waals surface area contributed by atoms with Gasteiger partial charge in [0.05, 0.1) is 0 Å². The molecule has 0 saturated heterocycles. The second-order valence-electron chi connectivity index (χ2n) is 3.30. The molecule has 7 heteroatoms. The van der Waals surface area contributed by atoms with Crippen LogP contribution in [-0.4, -0.2) is 25.1 Å². The van der Waals surface area contributed by atoms with Crippen LogP contribution in [0.5, 0.6) is 0 Å². The van der Waals surface area contributed by atoms with Crippen LogP contribution in [0.4, 0.5) is 5.82 Å². The molecule has 0 aliphatic rings. The number of anilines is 1. The van der Waals surface area contributed by atoms with E-state index in [1.54, 1.807) is 0 Å². The Bertz CT molecular complexity index is 451. The van der Waals surface area contributed by atoms with E-state index in [0.29, 0.717) is 17.5 Å². The number of nitrogens with two attached hydrogens (primary N) is 1. The Morgan fingerprint density at radius 2 is 2.31 bits per heavy atom. The molecular formula is C9H13N7. The predicted octanol–water partition coefficient (Wildman–Crippen LogP) is 0.500. The van der Waals surface area contributed by atoms with E-state index in [-0.39, 0.29) is 0 Å². The minimum Gasteiger partial charge on any atom is -0.308 e. The van der Waals surface area contributed by atoms with Crippen LogP contribution in [-0.2, 0) is 6.42 Å². The van der Waals surface area contributed by atoms with Crippen molar-refractivity contribution < 1.29 is 0 Å². The molecule has 0 radical (unpaired) electrons. The number of aromatic nitrogens is 5. The third kappa shape index (κ3) is 2.14. The Hall–Kier alpha value is -2.02. The largest absolute Gasteiger partial charge is 0.308 e. The van der Waals surface area contributed by atoms with Gasteiger partial charge in [0, 0.05) is 11.8 Å². The number of nitrogens with zero attached hydrogens (tertiary/aromatic N) is 4. The number of hydrazine groups is 1. The van der Waals surface area contributed by atoms with Gasteiger partial charge in [-0.15, -0.1) is 0 Å². The fourth-order valence-corrected chi connectivity index (χ4v) is 1.37. The van der Waals surface area contributed by atoms with Crippen LogP contribution in [0.15, 0.2) is 12.4 Å². The van der Waals surface area contributed by atoms with E-state index in [1.165, 1.54) is 6.33 Å². The van der Waals surface area contributed by atoms with E-state index in [9.17, 15) is 0 Å². The van der Waals surface area contributed by atoms with E-state index in [4.69, 9.17) is 5.84 Å². The summed E-state index contributed by atoms with van der Waals surface area (Å²) in [5.41, 5.74) is 3.44. The maximum absolute atomic E-state index is 5.35. The van der Waals surface area contributed by atoms with E-state index in [2.05, 4.69) is 37.5 Å². The Labute approximate surface area is 92.5 Å². The van der Waals surface area contributed by atoms with Gasteiger partial charge >= 0.3 is 0 Å². The average Bonchev–Trinajstić information content (AvgIpc) is 2.82. The van der Waals surface area contributed by atoms with E-state index < -0.39 is 0 Å². The van der Waals surface area contributed by atoms with Crippen LogP contribution in [0.25, 0.3) is 11.6 Å². The molecular weight excluding hydrogens is 206 g/mol. The number of rotatable bonds is 4. The van der Waals surface area contributed by atoms with Crippen LogP contribution in [0, 0.1) is 0 Å². The molecule has 2 rings (SSSR count). The van der Waals surface area contributed by atoms with Crippen molar-refractivity contribution in [2.75, 3.05) is 5.43 Å². The van der Waals surface area contributed by atoms with Crippen LogP contribution >= 0.6 is 0 Å². The van der Waals surface area contributed by atoms with Crippen molar-refractivity contribution in [2.24, 2.45) is 5.84 Å². The highest BCUT2D eigenvalue weighted by Gasteiger charge is 2.08. The van der Waals surface area contributed by atoms with Crippen LogP contribution in [0.3, 0.4) is 0 Å². The summed E-state index contributed by atoms with van der Waals surface area (Å²) >= 11 is 0. The zero-order chi connectivity index (χ0) is 11.4. The Morgan fingerprint density at radius 3 is 2.94 bits per heavy atom. The van der Waals surface area contributed by atoms with Gasteiger partial charge in [-0.25, -0.2) is 20.8 Å². The van der Waals surface area contributed by atoms with E-state index in [1.807, 2.05) is 6.07 Å². The number of aromatic amines is 1. The maximum Gasteiger partial charge on any atom is 0.199 e. The molecule has 0 unspecified atom stereocenters. The van der Waals surface area contributed by atoms with Crippen molar-refractivity contribution >= 4 is 5.82 Å². The third-order valence-corrected chi connectivity index (χ3v) is 2.06. The fourth-order valence-electron chi connectivity index (χ4n) is 1.37. The highest BCUT2D eigenvalue weighted by Crippen LogP contribution is 2.13. The zero-order valence-electron chi connectivity index (χ0n) is 8.94. The lowest BCUT2D eigenvalue weighted by molar-refractivity contribution is 0.872. The molecule has 84 valence electrons. The molecule has 2 heterocycles. The van der Waals surface area contributed by atoms with Crippen molar-refractivity contribution in [1.82, 2.24) is 25.1 Å². The van der Waals surface area contributed by atoms with Crippen LogP contribution in [0.2, 0.25) is 0 Å². The monoisotopic (exact) mass is 219 g/mol. The highest BCUT2D eigenvalue weighted by molar-refractivity contribution is 5.48. The minimum atomic E-state index is 0.497. The topological polar surface area (TPSA) is 105 Å². The number of hydrogen-bond donors (Lipinski definition) is 3. The smallest absolute Gasteiger partial charge is 0.199 e. The van der Waals surface area contributed by atoms with Crippen molar-refractivity contribution in [3.63, 3.8) is 0 Å². The van der Waals surface area contributed by atoms with Gasteiger partial charge < -0.3 is 5.43 Å². The molecule has 0 aliphatic heterocycles. The summed E-state index contributed by atoms with van der Waals surface area (Å²) in [6, 6.07) is 1.82. The molecule has 0 spiro atoms. The predicted molar refractivity (Wildman–Crippen MR) is 59.2 cm³/mol. The first-order valence-corrected chi connectivity index (χ1v) is 5.03. The number of aryl methyl sites for hydroxylation is 1. The summed E-state index contributed by atoms with van der Waals surface area (Å²) in [6.07, 6.45) is 3.30. The molecule has 2 aromatic heterocycles. The van der Waals surface area contributed by atoms with Crippen LogP contribution in [0.1, 0.15) is 19.0 Å². The first kappa shape index (κ1) is 10.5. The van der Waals surface area contributed by atoms with Gasteiger partial charge in [0.15, 0.2) is 11.6 Å². The van der Waals surface area contributed by atoms with E-state index >= 15 is 0 Å². The lowest BCUT2D eigenvalue weighted by Gasteiger charge is -2.04. The Kier molecular flexibility index (Phi) is 3.06. The molecule has 0 atom stereocenters. The van der Waals surface area contributed by atoms with Gasteiger partial charge in [0.2, 0.25) is 0 Å². The molecule has 2 aromatic rings. The minimum absolute atomic E-state index is 0.497.